The highest BCUT2D eigenvalue weighted by molar-refractivity contribution is 5.95. The Hall–Kier alpha value is -1.64. The van der Waals surface area contributed by atoms with Gasteiger partial charge in [0, 0.05) is 12.0 Å². The van der Waals surface area contributed by atoms with Gasteiger partial charge < -0.3 is 4.74 Å². The molecule has 0 amide bonds. The second kappa shape index (κ2) is 6.34. The number of Topliss-reactive ketones (excluding diaryl/α,β-unsaturated/α-hetero) is 1. The first-order valence-corrected chi connectivity index (χ1v) is 6.14. The molecule has 0 aliphatic rings. The summed E-state index contributed by atoms with van der Waals surface area (Å²) in [7, 11) is 1.39. The van der Waals surface area contributed by atoms with Crippen molar-refractivity contribution in [2.75, 3.05) is 7.11 Å². The number of hydrogen-bond donors (Lipinski definition) is 0. The monoisotopic (exact) mass is 248 g/mol. The Morgan fingerprint density at radius 1 is 1.17 bits per heavy atom. The zero-order valence-electron chi connectivity index (χ0n) is 11.2. The molecule has 0 aromatic heterocycles. The van der Waals surface area contributed by atoms with Crippen molar-refractivity contribution in [2.24, 2.45) is 5.41 Å². The molecule has 0 spiro atoms. The summed E-state index contributed by atoms with van der Waals surface area (Å²) in [5.41, 5.74) is 0.208. The minimum absolute atomic E-state index is 0.122. The summed E-state index contributed by atoms with van der Waals surface area (Å²) in [6, 6.07) is 9.22. The van der Waals surface area contributed by atoms with Gasteiger partial charge in [0.15, 0.2) is 5.78 Å². The van der Waals surface area contributed by atoms with Crippen LogP contribution in [0.4, 0.5) is 0 Å². The first-order valence-electron chi connectivity index (χ1n) is 6.14. The Labute approximate surface area is 108 Å². The van der Waals surface area contributed by atoms with E-state index in [2.05, 4.69) is 0 Å². The van der Waals surface area contributed by atoms with Crippen molar-refractivity contribution >= 4 is 11.8 Å². The van der Waals surface area contributed by atoms with Crippen molar-refractivity contribution in [1.82, 2.24) is 0 Å². The van der Waals surface area contributed by atoms with Crippen LogP contribution < -0.4 is 0 Å². The third-order valence-electron chi connectivity index (χ3n) is 3.04. The van der Waals surface area contributed by atoms with Gasteiger partial charge in [0.1, 0.15) is 0 Å². The quantitative estimate of drug-likeness (QED) is 0.573. The predicted molar refractivity (Wildman–Crippen MR) is 70.4 cm³/mol. The second-order valence-corrected chi connectivity index (χ2v) is 5.02. The zero-order chi connectivity index (χ0) is 13.6. The first-order chi connectivity index (χ1) is 8.47. The topological polar surface area (TPSA) is 43.4 Å². The van der Waals surface area contributed by atoms with Gasteiger partial charge in [0.05, 0.1) is 12.5 Å². The van der Waals surface area contributed by atoms with Crippen LogP contribution in [0.1, 0.15) is 43.5 Å². The van der Waals surface area contributed by atoms with E-state index in [4.69, 9.17) is 4.74 Å². The van der Waals surface area contributed by atoms with E-state index in [1.807, 2.05) is 44.2 Å². The maximum atomic E-state index is 11.9. The third-order valence-corrected chi connectivity index (χ3v) is 3.04. The number of hydrogen-bond acceptors (Lipinski definition) is 3. The lowest BCUT2D eigenvalue weighted by Gasteiger charge is -2.20. The van der Waals surface area contributed by atoms with Crippen LogP contribution in [0, 0.1) is 5.41 Å². The van der Waals surface area contributed by atoms with Crippen LogP contribution in [-0.2, 0) is 9.53 Å². The number of methoxy groups -OCH3 is 1. The molecule has 0 N–H and O–H groups in total. The Kier molecular flexibility index (Phi) is 5.08. The molecule has 1 rings (SSSR count). The molecule has 0 saturated carbocycles. The fourth-order valence-corrected chi connectivity index (χ4v) is 1.84. The Morgan fingerprint density at radius 3 is 2.33 bits per heavy atom. The fourth-order valence-electron chi connectivity index (χ4n) is 1.84. The van der Waals surface area contributed by atoms with Gasteiger partial charge in [-0.05, 0) is 26.7 Å². The van der Waals surface area contributed by atoms with E-state index in [0.717, 1.165) is 5.56 Å². The number of ketones is 1. The van der Waals surface area contributed by atoms with Crippen LogP contribution in [0.15, 0.2) is 30.3 Å². The van der Waals surface area contributed by atoms with Crippen molar-refractivity contribution in [3.05, 3.63) is 35.9 Å². The zero-order valence-corrected chi connectivity index (χ0v) is 11.2. The number of rotatable bonds is 6. The van der Waals surface area contributed by atoms with E-state index in [-0.39, 0.29) is 11.8 Å². The molecule has 98 valence electrons. The van der Waals surface area contributed by atoms with E-state index in [1.165, 1.54) is 7.11 Å². The molecule has 0 aliphatic heterocycles. The van der Waals surface area contributed by atoms with E-state index in [9.17, 15) is 9.59 Å². The maximum absolute atomic E-state index is 11.9. The summed E-state index contributed by atoms with van der Waals surface area (Å²) in [6.07, 6.45) is 1.80. The largest absolute Gasteiger partial charge is 0.469 e. The summed E-state index contributed by atoms with van der Waals surface area (Å²) < 4.78 is 4.73. The fraction of sp³-hybridized carbons (Fsp3) is 0.467. The SMILES string of the molecule is COC(=O)C(C)(C)CCCC(=O)c1ccccc1. The minimum atomic E-state index is -0.522. The lowest BCUT2D eigenvalue weighted by molar-refractivity contribution is -0.151. The van der Waals surface area contributed by atoms with E-state index < -0.39 is 5.41 Å². The molecular formula is C15H20O3. The van der Waals surface area contributed by atoms with E-state index in [1.54, 1.807) is 0 Å². The highest BCUT2D eigenvalue weighted by Gasteiger charge is 2.28. The van der Waals surface area contributed by atoms with Gasteiger partial charge in [0.25, 0.3) is 0 Å². The van der Waals surface area contributed by atoms with Crippen LogP contribution in [0.2, 0.25) is 0 Å². The molecule has 0 unspecified atom stereocenters. The van der Waals surface area contributed by atoms with Gasteiger partial charge in [-0.1, -0.05) is 30.3 Å². The Balaban J connectivity index is 2.43. The predicted octanol–water partition coefficient (Wildman–Crippen LogP) is 3.24. The Bertz CT molecular complexity index is 407. The van der Waals surface area contributed by atoms with Crippen molar-refractivity contribution in [3.8, 4) is 0 Å². The molecule has 3 nitrogen and oxygen atoms in total. The lowest BCUT2D eigenvalue weighted by atomic mass is 9.86. The van der Waals surface area contributed by atoms with Crippen LogP contribution in [0.25, 0.3) is 0 Å². The molecule has 0 radical (unpaired) electrons. The van der Waals surface area contributed by atoms with E-state index >= 15 is 0 Å². The van der Waals surface area contributed by atoms with Crippen molar-refractivity contribution in [1.29, 1.82) is 0 Å². The average Bonchev–Trinajstić information content (AvgIpc) is 2.38. The summed E-state index contributed by atoms with van der Waals surface area (Å²) in [5.74, 6) is -0.106. The summed E-state index contributed by atoms with van der Waals surface area (Å²) >= 11 is 0. The van der Waals surface area contributed by atoms with Gasteiger partial charge in [-0.3, -0.25) is 9.59 Å². The van der Waals surface area contributed by atoms with Gasteiger partial charge in [-0.25, -0.2) is 0 Å². The van der Waals surface area contributed by atoms with Crippen LogP contribution in [-0.4, -0.2) is 18.9 Å². The highest BCUT2D eigenvalue weighted by Crippen LogP contribution is 2.25. The number of benzene rings is 1. The number of carbonyl (C=O) groups excluding carboxylic acids is 2. The molecule has 1 aromatic carbocycles. The van der Waals surface area contributed by atoms with Crippen molar-refractivity contribution < 1.29 is 14.3 Å². The van der Waals surface area contributed by atoms with Gasteiger partial charge >= 0.3 is 5.97 Å². The molecule has 3 heteroatoms. The molecule has 0 bridgehead atoms. The average molecular weight is 248 g/mol. The molecule has 0 fully saturated rings. The van der Waals surface area contributed by atoms with Crippen molar-refractivity contribution in [3.63, 3.8) is 0 Å². The van der Waals surface area contributed by atoms with Crippen LogP contribution in [0.5, 0.6) is 0 Å². The minimum Gasteiger partial charge on any atom is -0.469 e. The molecule has 0 atom stereocenters. The number of esters is 1. The van der Waals surface area contributed by atoms with Crippen molar-refractivity contribution in [2.45, 2.75) is 33.1 Å². The van der Waals surface area contributed by atoms with Gasteiger partial charge in [-0.2, -0.15) is 0 Å². The van der Waals surface area contributed by atoms with Gasteiger partial charge in [-0.15, -0.1) is 0 Å². The molecule has 18 heavy (non-hydrogen) atoms. The summed E-state index contributed by atoms with van der Waals surface area (Å²) in [4.78, 5) is 23.3. The number of carbonyl (C=O) groups is 2. The van der Waals surface area contributed by atoms with Crippen LogP contribution in [0.3, 0.4) is 0 Å². The molecule has 0 aliphatic carbocycles. The third kappa shape index (κ3) is 3.99. The molecule has 0 heterocycles. The highest BCUT2D eigenvalue weighted by atomic mass is 16.5. The lowest BCUT2D eigenvalue weighted by Crippen LogP contribution is -2.25. The Morgan fingerprint density at radius 2 is 1.78 bits per heavy atom. The van der Waals surface area contributed by atoms with Gasteiger partial charge in [0.2, 0.25) is 0 Å². The molecular weight excluding hydrogens is 228 g/mol. The van der Waals surface area contributed by atoms with Crippen LogP contribution >= 0.6 is 0 Å². The normalized spacial score (nSPS) is 11.1. The molecule has 1 aromatic rings. The smallest absolute Gasteiger partial charge is 0.311 e. The first kappa shape index (κ1) is 14.4. The maximum Gasteiger partial charge on any atom is 0.311 e. The van der Waals surface area contributed by atoms with E-state index in [0.29, 0.717) is 19.3 Å². The second-order valence-electron chi connectivity index (χ2n) is 5.02. The standard InChI is InChI=1S/C15H20O3/c1-15(2,14(17)18-3)11-7-10-13(16)12-8-5-4-6-9-12/h4-6,8-9H,7,10-11H2,1-3H3. The number of ether oxygens (including phenoxy) is 1. The summed E-state index contributed by atoms with van der Waals surface area (Å²) in [5, 5.41) is 0. The molecule has 0 saturated heterocycles. The summed E-state index contributed by atoms with van der Waals surface area (Å²) in [6.45, 7) is 3.68.